The third-order valence-electron chi connectivity index (χ3n) is 10.8. The molecule has 9 atom stereocenters. The highest BCUT2D eigenvalue weighted by Crippen LogP contribution is 2.65. The van der Waals surface area contributed by atoms with Gasteiger partial charge in [0.25, 0.3) is 5.91 Å². The molecular weight excluding hydrogens is 378 g/mol. The number of amides is 1. The van der Waals surface area contributed by atoms with Crippen molar-refractivity contribution < 1.29 is 4.79 Å². The molecule has 4 saturated carbocycles. The Balaban J connectivity index is 1.32. The fourth-order valence-corrected chi connectivity index (χ4v) is 9.16. The summed E-state index contributed by atoms with van der Waals surface area (Å²) in [5, 5.41) is 0. The Bertz CT molecular complexity index is 789. The summed E-state index contributed by atoms with van der Waals surface area (Å²) >= 11 is 0. The van der Waals surface area contributed by atoms with Gasteiger partial charge in [-0.2, -0.15) is 0 Å². The summed E-state index contributed by atoms with van der Waals surface area (Å²) in [5.41, 5.74) is 1.24. The third-order valence-corrected chi connectivity index (χ3v) is 10.8. The Labute approximate surface area is 190 Å². The van der Waals surface area contributed by atoms with E-state index in [1.807, 2.05) is 37.4 Å². The summed E-state index contributed by atoms with van der Waals surface area (Å²) in [6.45, 7) is 7.42. The van der Waals surface area contributed by atoms with E-state index in [0.29, 0.717) is 17.4 Å². The lowest BCUT2D eigenvalue weighted by Crippen LogP contribution is -2.51. The molecule has 5 rings (SSSR count). The van der Waals surface area contributed by atoms with Gasteiger partial charge in [0.1, 0.15) is 0 Å². The van der Waals surface area contributed by atoms with E-state index in [0.717, 1.165) is 41.1 Å². The highest BCUT2D eigenvalue weighted by atomic mass is 16.2. The van der Waals surface area contributed by atoms with Crippen LogP contribution < -0.4 is 0 Å². The molecular formula is C29H43NO. The van der Waals surface area contributed by atoms with E-state index in [9.17, 15) is 4.79 Å². The standard InChI is InChI=1S/C29H43NO/c1-19-10-12-23-22(18-19)11-13-25-24(23)16-17-29(3)26(14-15-27(25)29)20(2)30(4)28(31)21-8-6-5-7-9-21/h5-9,19-20,22-27H,10-18H2,1-4H3/t19-,20+,22?,23-,24?,25+,26?,27?,29+/m0/s1. The first kappa shape index (κ1) is 21.5. The van der Waals surface area contributed by atoms with E-state index in [4.69, 9.17) is 0 Å². The van der Waals surface area contributed by atoms with Crippen LogP contribution >= 0.6 is 0 Å². The van der Waals surface area contributed by atoms with Gasteiger partial charge in [-0.1, -0.05) is 38.5 Å². The van der Waals surface area contributed by atoms with Gasteiger partial charge in [-0.15, -0.1) is 0 Å². The minimum absolute atomic E-state index is 0.186. The summed E-state index contributed by atoms with van der Waals surface area (Å²) in [6.07, 6.45) is 13.0. The van der Waals surface area contributed by atoms with Gasteiger partial charge in [0.2, 0.25) is 0 Å². The van der Waals surface area contributed by atoms with Crippen LogP contribution in [0.15, 0.2) is 30.3 Å². The SMILES string of the molecule is C[C@H]1CC[C@H]2C(CC[C@@H]3C2CC[C@@]2(C)C3CCC2[C@@H](C)N(C)C(=O)c2ccccc2)C1. The van der Waals surface area contributed by atoms with Crippen molar-refractivity contribution in [1.82, 2.24) is 4.90 Å². The van der Waals surface area contributed by atoms with E-state index < -0.39 is 0 Å². The van der Waals surface area contributed by atoms with Gasteiger partial charge in [0.05, 0.1) is 0 Å². The van der Waals surface area contributed by atoms with Crippen molar-refractivity contribution in [1.29, 1.82) is 0 Å². The van der Waals surface area contributed by atoms with Crippen LogP contribution in [0.5, 0.6) is 0 Å². The normalized spacial score (nSPS) is 42.8. The van der Waals surface area contributed by atoms with Crippen LogP contribution in [0.4, 0.5) is 0 Å². The fourth-order valence-electron chi connectivity index (χ4n) is 9.16. The van der Waals surface area contributed by atoms with E-state index in [1.54, 1.807) is 0 Å². The van der Waals surface area contributed by atoms with E-state index in [-0.39, 0.29) is 5.91 Å². The van der Waals surface area contributed by atoms with Crippen molar-refractivity contribution in [2.75, 3.05) is 7.05 Å². The van der Waals surface area contributed by atoms with Crippen molar-refractivity contribution in [3.8, 4) is 0 Å². The second kappa shape index (κ2) is 8.23. The average molecular weight is 422 g/mol. The summed E-state index contributed by atoms with van der Waals surface area (Å²) in [7, 11) is 2.04. The zero-order valence-corrected chi connectivity index (χ0v) is 20.2. The molecule has 0 saturated heterocycles. The topological polar surface area (TPSA) is 20.3 Å². The molecule has 4 fully saturated rings. The molecule has 0 aliphatic heterocycles. The average Bonchev–Trinajstić information content (AvgIpc) is 3.15. The molecule has 2 heteroatoms. The van der Waals surface area contributed by atoms with Gasteiger partial charge in [0.15, 0.2) is 0 Å². The highest BCUT2D eigenvalue weighted by Gasteiger charge is 2.58. The number of carbonyl (C=O) groups excluding carboxylic acids is 1. The first-order chi connectivity index (χ1) is 14.9. The lowest BCUT2D eigenvalue weighted by atomic mass is 9.49. The van der Waals surface area contributed by atoms with Gasteiger partial charge >= 0.3 is 0 Å². The van der Waals surface area contributed by atoms with E-state index >= 15 is 0 Å². The van der Waals surface area contributed by atoms with E-state index in [2.05, 4.69) is 25.7 Å². The van der Waals surface area contributed by atoms with Crippen LogP contribution in [0.3, 0.4) is 0 Å². The van der Waals surface area contributed by atoms with Crippen LogP contribution in [-0.2, 0) is 0 Å². The Morgan fingerprint density at radius 3 is 2.48 bits per heavy atom. The molecule has 4 aliphatic rings. The maximum atomic E-state index is 13.1. The molecule has 0 radical (unpaired) electrons. The van der Waals surface area contributed by atoms with Crippen LogP contribution in [-0.4, -0.2) is 23.9 Å². The number of nitrogens with zero attached hydrogens (tertiary/aromatic N) is 1. The number of carbonyl (C=O) groups is 1. The largest absolute Gasteiger partial charge is 0.339 e. The van der Waals surface area contributed by atoms with Gasteiger partial charge in [-0.3, -0.25) is 4.79 Å². The molecule has 0 bridgehead atoms. The predicted molar refractivity (Wildman–Crippen MR) is 128 cm³/mol. The summed E-state index contributed by atoms with van der Waals surface area (Å²) in [4.78, 5) is 15.2. The minimum Gasteiger partial charge on any atom is -0.339 e. The molecule has 170 valence electrons. The van der Waals surface area contributed by atoms with Crippen molar-refractivity contribution in [3.05, 3.63) is 35.9 Å². The zero-order valence-electron chi connectivity index (χ0n) is 20.2. The summed E-state index contributed by atoms with van der Waals surface area (Å²) in [5.74, 6) is 6.69. The molecule has 1 aromatic rings. The molecule has 0 spiro atoms. The number of benzene rings is 1. The van der Waals surface area contributed by atoms with Crippen molar-refractivity contribution in [2.45, 2.75) is 84.6 Å². The van der Waals surface area contributed by atoms with Crippen molar-refractivity contribution in [3.63, 3.8) is 0 Å². The summed E-state index contributed by atoms with van der Waals surface area (Å²) in [6, 6.07) is 10.2. The molecule has 0 aromatic heterocycles. The van der Waals surface area contributed by atoms with Gasteiger partial charge in [-0.05, 0) is 117 Å². The quantitative estimate of drug-likeness (QED) is 0.512. The van der Waals surface area contributed by atoms with Crippen LogP contribution in [0.2, 0.25) is 0 Å². The Kier molecular flexibility index (Phi) is 5.72. The molecule has 0 heterocycles. The second-order valence-corrected chi connectivity index (χ2v) is 12.1. The molecule has 2 nitrogen and oxygen atoms in total. The first-order valence-corrected chi connectivity index (χ1v) is 13.2. The lowest BCUT2D eigenvalue weighted by molar-refractivity contribution is -0.0738. The Hall–Kier alpha value is -1.31. The molecule has 4 unspecified atom stereocenters. The Morgan fingerprint density at radius 1 is 0.968 bits per heavy atom. The smallest absolute Gasteiger partial charge is 0.253 e. The lowest BCUT2D eigenvalue weighted by Gasteiger charge is -2.57. The fraction of sp³-hybridized carbons (Fsp3) is 0.759. The number of hydrogen-bond donors (Lipinski definition) is 0. The molecule has 31 heavy (non-hydrogen) atoms. The third kappa shape index (κ3) is 3.57. The first-order valence-electron chi connectivity index (χ1n) is 13.2. The van der Waals surface area contributed by atoms with Gasteiger partial charge in [-0.25, -0.2) is 0 Å². The monoisotopic (exact) mass is 421 g/mol. The van der Waals surface area contributed by atoms with Gasteiger partial charge in [0, 0.05) is 18.7 Å². The van der Waals surface area contributed by atoms with Gasteiger partial charge < -0.3 is 4.90 Å². The number of rotatable bonds is 3. The second-order valence-electron chi connectivity index (χ2n) is 12.1. The van der Waals surface area contributed by atoms with E-state index in [1.165, 1.54) is 57.8 Å². The predicted octanol–water partition coefficient (Wildman–Crippen LogP) is 7.05. The molecule has 1 amide bonds. The maximum Gasteiger partial charge on any atom is 0.253 e. The highest BCUT2D eigenvalue weighted by molar-refractivity contribution is 5.94. The van der Waals surface area contributed by atoms with Crippen LogP contribution in [0.25, 0.3) is 0 Å². The number of fused-ring (bicyclic) bond motifs is 5. The molecule has 0 N–H and O–H groups in total. The Morgan fingerprint density at radius 2 is 1.71 bits per heavy atom. The zero-order chi connectivity index (χ0) is 21.8. The van der Waals surface area contributed by atoms with Crippen LogP contribution in [0, 0.1) is 46.8 Å². The maximum absolute atomic E-state index is 13.1. The molecule has 1 aromatic carbocycles. The summed E-state index contributed by atoms with van der Waals surface area (Å²) < 4.78 is 0. The molecule has 4 aliphatic carbocycles. The van der Waals surface area contributed by atoms with Crippen molar-refractivity contribution in [2.24, 2.45) is 46.8 Å². The van der Waals surface area contributed by atoms with Crippen LogP contribution in [0.1, 0.15) is 88.9 Å². The number of hydrogen-bond acceptors (Lipinski definition) is 1. The van der Waals surface area contributed by atoms with Crippen molar-refractivity contribution >= 4 is 5.91 Å². The minimum atomic E-state index is 0.186.